The van der Waals surface area contributed by atoms with Crippen molar-refractivity contribution in [3.63, 3.8) is 0 Å². The van der Waals surface area contributed by atoms with Crippen LogP contribution >= 0.6 is 0 Å². The highest BCUT2D eigenvalue weighted by molar-refractivity contribution is 6.09. The second kappa shape index (κ2) is 4.41. The smallest absolute Gasteiger partial charge is 0.181 e. The standard InChI is InChI=1S/C13H14N2O/c1-9(14-2)13(16)12-8-15-7-10-5-3-4-6-11(10)12/h3-9,14H,1-2H3. The van der Waals surface area contributed by atoms with E-state index in [4.69, 9.17) is 0 Å². The molecule has 3 nitrogen and oxygen atoms in total. The Hall–Kier alpha value is -1.74. The van der Waals surface area contributed by atoms with E-state index >= 15 is 0 Å². The zero-order valence-corrected chi connectivity index (χ0v) is 9.40. The number of aromatic nitrogens is 1. The van der Waals surface area contributed by atoms with Gasteiger partial charge in [-0.2, -0.15) is 0 Å². The van der Waals surface area contributed by atoms with Gasteiger partial charge >= 0.3 is 0 Å². The van der Waals surface area contributed by atoms with Crippen LogP contribution in [0.15, 0.2) is 36.7 Å². The third kappa shape index (κ3) is 1.82. The largest absolute Gasteiger partial charge is 0.310 e. The maximum Gasteiger partial charge on any atom is 0.181 e. The number of fused-ring (bicyclic) bond motifs is 1. The summed E-state index contributed by atoms with van der Waals surface area (Å²) >= 11 is 0. The average Bonchev–Trinajstić information content (AvgIpc) is 2.36. The highest BCUT2D eigenvalue weighted by Crippen LogP contribution is 2.18. The van der Waals surface area contributed by atoms with Gasteiger partial charge < -0.3 is 5.32 Å². The predicted octanol–water partition coefficient (Wildman–Crippen LogP) is 2.03. The molecular formula is C13H14N2O. The number of nitrogens with one attached hydrogen (secondary N) is 1. The molecule has 0 saturated carbocycles. The highest BCUT2D eigenvalue weighted by atomic mass is 16.1. The van der Waals surface area contributed by atoms with Gasteiger partial charge in [-0.25, -0.2) is 0 Å². The lowest BCUT2D eigenvalue weighted by Crippen LogP contribution is -2.30. The van der Waals surface area contributed by atoms with Crippen molar-refractivity contribution in [1.29, 1.82) is 0 Å². The van der Waals surface area contributed by atoms with Crippen LogP contribution < -0.4 is 5.32 Å². The van der Waals surface area contributed by atoms with Crippen LogP contribution in [0.4, 0.5) is 0 Å². The number of benzene rings is 1. The number of pyridine rings is 1. The van der Waals surface area contributed by atoms with E-state index in [2.05, 4.69) is 10.3 Å². The summed E-state index contributed by atoms with van der Waals surface area (Å²) < 4.78 is 0. The van der Waals surface area contributed by atoms with Crippen molar-refractivity contribution in [2.24, 2.45) is 0 Å². The number of rotatable bonds is 3. The van der Waals surface area contributed by atoms with Crippen LogP contribution in [-0.4, -0.2) is 23.9 Å². The number of carbonyl (C=O) groups is 1. The molecule has 1 aromatic heterocycles. The second-order valence-electron chi connectivity index (χ2n) is 3.78. The first-order chi connectivity index (χ1) is 7.74. The summed E-state index contributed by atoms with van der Waals surface area (Å²) in [5.41, 5.74) is 0.681. The molecule has 1 atom stereocenters. The number of likely N-dealkylation sites (N-methyl/N-ethyl adjacent to an activating group) is 1. The first-order valence-corrected chi connectivity index (χ1v) is 5.28. The predicted molar refractivity (Wildman–Crippen MR) is 64.6 cm³/mol. The Morgan fingerprint density at radius 2 is 2.06 bits per heavy atom. The summed E-state index contributed by atoms with van der Waals surface area (Å²) in [6.07, 6.45) is 3.41. The lowest BCUT2D eigenvalue weighted by Gasteiger charge is -2.10. The number of hydrogen-bond acceptors (Lipinski definition) is 3. The minimum atomic E-state index is -0.187. The Bertz CT molecular complexity index is 517. The Morgan fingerprint density at radius 3 is 2.81 bits per heavy atom. The number of hydrogen-bond donors (Lipinski definition) is 1. The van der Waals surface area contributed by atoms with E-state index in [9.17, 15) is 4.79 Å². The van der Waals surface area contributed by atoms with Crippen LogP contribution in [0.25, 0.3) is 10.8 Å². The zero-order chi connectivity index (χ0) is 11.5. The fourth-order valence-corrected chi connectivity index (χ4v) is 1.68. The van der Waals surface area contributed by atoms with Crippen LogP contribution in [0, 0.1) is 0 Å². The molecule has 0 aliphatic heterocycles. The normalized spacial score (nSPS) is 12.6. The van der Waals surface area contributed by atoms with Crippen LogP contribution in [0.1, 0.15) is 17.3 Å². The van der Waals surface area contributed by atoms with Gasteiger partial charge in [-0.15, -0.1) is 0 Å². The average molecular weight is 214 g/mol. The molecule has 1 unspecified atom stereocenters. The number of carbonyl (C=O) groups excluding carboxylic acids is 1. The summed E-state index contributed by atoms with van der Waals surface area (Å²) in [6, 6.07) is 7.60. The SMILES string of the molecule is CNC(C)C(=O)c1cncc2ccccc12. The Kier molecular flexibility index (Phi) is 2.97. The molecule has 2 aromatic rings. The molecule has 0 bridgehead atoms. The fraction of sp³-hybridized carbons (Fsp3) is 0.231. The Balaban J connectivity index is 2.56. The van der Waals surface area contributed by atoms with E-state index in [1.807, 2.05) is 31.2 Å². The van der Waals surface area contributed by atoms with Gasteiger partial charge in [0, 0.05) is 23.3 Å². The van der Waals surface area contributed by atoms with E-state index in [0.717, 1.165) is 10.8 Å². The van der Waals surface area contributed by atoms with Crippen LogP contribution in [0.2, 0.25) is 0 Å². The summed E-state index contributed by atoms with van der Waals surface area (Å²) in [4.78, 5) is 16.2. The summed E-state index contributed by atoms with van der Waals surface area (Å²) in [5.74, 6) is 0.0757. The van der Waals surface area contributed by atoms with Gasteiger partial charge in [0.1, 0.15) is 0 Å². The van der Waals surface area contributed by atoms with Crippen molar-refractivity contribution in [3.05, 3.63) is 42.2 Å². The number of Topliss-reactive ketones (excluding diaryl/α,β-unsaturated/α-hetero) is 1. The van der Waals surface area contributed by atoms with Crippen molar-refractivity contribution < 1.29 is 4.79 Å². The van der Waals surface area contributed by atoms with Crippen LogP contribution in [0.5, 0.6) is 0 Å². The molecule has 2 rings (SSSR count). The molecule has 0 saturated heterocycles. The fourth-order valence-electron chi connectivity index (χ4n) is 1.68. The van der Waals surface area contributed by atoms with Gasteiger partial charge in [0.25, 0.3) is 0 Å². The number of nitrogens with zero attached hydrogens (tertiary/aromatic N) is 1. The van der Waals surface area contributed by atoms with Gasteiger partial charge in [0.05, 0.1) is 6.04 Å². The minimum Gasteiger partial charge on any atom is -0.310 e. The lowest BCUT2D eigenvalue weighted by atomic mass is 10.0. The molecule has 0 spiro atoms. The van der Waals surface area contributed by atoms with Crippen molar-refractivity contribution >= 4 is 16.6 Å². The Morgan fingerprint density at radius 1 is 1.31 bits per heavy atom. The van der Waals surface area contributed by atoms with E-state index in [1.165, 1.54) is 0 Å². The zero-order valence-electron chi connectivity index (χ0n) is 9.40. The molecular weight excluding hydrogens is 200 g/mol. The molecule has 0 aliphatic carbocycles. The van der Waals surface area contributed by atoms with Gasteiger partial charge in [0.15, 0.2) is 5.78 Å². The third-order valence-corrected chi connectivity index (χ3v) is 2.76. The second-order valence-corrected chi connectivity index (χ2v) is 3.78. The molecule has 0 amide bonds. The Labute approximate surface area is 94.5 Å². The molecule has 0 fully saturated rings. The monoisotopic (exact) mass is 214 g/mol. The first-order valence-electron chi connectivity index (χ1n) is 5.28. The molecule has 1 aromatic carbocycles. The maximum absolute atomic E-state index is 12.1. The van der Waals surface area contributed by atoms with Gasteiger partial charge in [-0.1, -0.05) is 24.3 Å². The summed E-state index contributed by atoms with van der Waals surface area (Å²) in [6.45, 7) is 1.85. The van der Waals surface area contributed by atoms with Crippen molar-refractivity contribution in [3.8, 4) is 0 Å². The summed E-state index contributed by atoms with van der Waals surface area (Å²) in [5, 5.41) is 4.91. The van der Waals surface area contributed by atoms with Gasteiger partial charge in [-0.3, -0.25) is 9.78 Å². The molecule has 82 valence electrons. The first kappa shape index (κ1) is 10.8. The van der Waals surface area contributed by atoms with Gasteiger partial charge in [0.2, 0.25) is 0 Å². The van der Waals surface area contributed by atoms with Gasteiger partial charge in [-0.05, 0) is 19.4 Å². The van der Waals surface area contributed by atoms with Crippen LogP contribution in [0.3, 0.4) is 0 Å². The quantitative estimate of drug-likeness (QED) is 0.795. The van der Waals surface area contributed by atoms with Crippen LogP contribution in [-0.2, 0) is 0 Å². The molecule has 1 heterocycles. The molecule has 0 radical (unpaired) electrons. The highest BCUT2D eigenvalue weighted by Gasteiger charge is 2.15. The van der Waals surface area contributed by atoms with Crippen molar-refractivity contribution in [2.75, 3.05) is 7.05 Å². The van der Waals surface area contributed by atoms with Crippen molar-refractivity contribution in [1.82, 2.24) is 10.3 Å². The molecule has 1 N–H and O–H groups in total. The minimum absolute atomic E-state index is 0.0757. The molecule has 16 heavy (non-hydrogen) atoms. The number of ketones is 1. The third-order valence-electron chi connectivity index (χ3n) is 2.76. The van der Waals surface area contributed by atoms with E-state index in [0.29, 0.717) is 5.56 Å². The molecule has 3 heteroatoms. The topological polar surface area (TPSA) is 42.0 Å². The maximum atomic E-state index is 12.1. The van der Waals surface area contributed by atoms with E-state index < -0.39 is 0 Å². The van der Waals surface area contributed by atoms with Crippen molar-refractivity contribution in [2.45, 2.75) is 13.0 Å². The lowest BCUT2D eigenvalue weighted by molar-refractivity contribution is 0.0956. The van der Waals surface area contributed by atoms with E-state index in [-0.39, 0.29) is 11.8 Å². The van der Waals surface area contributed by atoms with E-state index in [1.54, 1.807) is 19.4 Å². The molecule has 0 aliphatic rings. The summed E-state index contributed by atoms with van der Waals surface area (Å²) in [7, 11) is 1.78.